The lowest BCUT2D eigenvalue weighted by Crippen LogP contribution is -2.46. The van der Waals surface area contributed by atoms with Gasteiger partial charge in [0.1, 0.15) is 28.6 Å². The number of phenolic OH excluding ortho intramolecular Hbond substituents is 1. The number of nitriles is 1. The number of aromatic nitrogens is 3. The number of anilines is 1. The van der Waals surface area contributed by atoms with E-state index < -0.39 is 29.5 Å². The monoisotopic (exact) mass is 693 g/mol. The lowest BCUT2D eigenvalue weighted by molar-refractivity contribution is -0.117. The van der Waals surface area contributed by atoms with E-state index >= 15 is 4.39 Å². The van der Waals surface area contributed by atoms with Gasteiger partial charge < -0.3 is 24.8 Å². The Kier molecular flexibility index (Phi) is 9.42. The fraction of sp³-hybridized carbons (Fsp3) is 0.395. The van der Waals surface area contributed by atoms with E-state index in [0.717, 1.165) is 38.6 Å². The van der Waals surface area contributed by atoms with Crippen LogP contribution in [0.5, 0.6) is 11.8 Å². The largest absolute Gasteiger partial charge is 0.508 e. The highest BCUT2D eigenvalue weighted by atomic mass is 19.1. The Balaban J connectivity index is 1.33. The second kappa shape index (κ2) is 14.1. The van der Waals surface area contributed by atoms with Crippen LogP contribution in [-0.2, 0) is 9.53 Å². The third kappa shape index (κ3) is 6.87. The number of nitrogens with one attached hydrogen (secondary N) is 1. The molecule has 2 aliphatic heterocycles. The maximum atomic E-state index is 17.0. The van der Waals surface area contributed by atoms with Gasteiger partial charge in [-0.15, -0.1) is 6.42 Å². The third-order valence-electron chi connectivity index (χ3n) is 10.0. The van der Waals surface area contributed by atoms with Gasteiger partial charge in [-0.1, -0.05) is 18.6 Å². The van der Waals surface area contributed by atoms with E-state index in [0.29, 0.717) is 50.4 Å². The molecule has 11 nitrogen and oxygen atoms in total. The fourth-order valence-corrected chi connectivity index (χ4v) is 7.14. The van der Waals surface area contributed by atoms with E-state index in [1.165, 1.54) is 30.5 Å². The van der Waals surface area contributed by atoms with Crippen molar-refractivity contribution in [2.75, 3.05) is 57.4 Å². The summed E-state index contributed by atoms with van der Waals surface area (Å²) in [5.41, 5.74) is -0.364. The van der Waals surface area contributed by atoms with E-state index in [2.05, 4.69) is 38.8 Å². The molecule has 4 aromatic rings. The summed E-state index contributed by atoms with van der Waals surface area (Å²) in [5, 5.41) is 24.3. The van der Waals surface area contributed by atoms with Crippen molar-refractivity contribution in [1.29, 1.82) is 5.26 Å². The average Bonchev–Trinajstić information content (AvgIpc) is 3.94. The van der Waals surface area contributed by atoms with Crippen LogP contribution in [0.2, 0.25) is 0 Å². The first-order valence-electron chi connectivity index (χ1n) is 17.0. The SMILES string of the molecule is C#Cc1c(F)ccc2cc(O)cc(-c3ncc4c(N5CCC[C@H](C#N)[C@@H](NC(=O)C=C)C5)nc(OCC5(CN6CCOCC6)CC5)nc4c3F)c12. The van der Waals surface area contributed by atoms with Gasteiger partial charge in [-0.3, -0.25) is 14.7 Å². The van der Waals surface area contributed by atoms with Crippen LogP contribution < -0.4 is 15.0 Å². The van der Waals surface area contributed by atoms with Gasteiger partial charge in [0, 0.05) is 55.3 Å². The normalized spacial score (nSPS) is 20.3. The van der Waals surface area contributed by atoms with Crippen molar-refractivity contribution >= 4 is 33.4 Å². The number of nitrogens with zero attached hydrogens (tertiary/aromatic N) is 6. The van der Waals surface area contributed by atoms with Crippen molar-refractivity contribution in [3.63, 3.8) is 0 Å². The lowest BCUT2D eigenvalue weighted by Gasteiger charge is -2.30. The van der Waals surface area contributed by atoms with Gasteiger partial charge in [-0.25, -0.2) is 8.78 Å². The molecule has 3 fully saturated rings. The minimum absolute atomic E-state index is 0.0364. The highest BCUT2D eigenvalue weighted by Crippen LogP contribution is 2.47. The minimum atomic E-state index is -0.837. The molecule has 0 bridgehead atoms. The number of ether oxygens (including phenoxy) is 2. The smallest absolute Gasteiger partial charge is 0.319 e. The number of benzene rings is 2. The quantitative estimate of drug-likeness (QED) is 0.187. The number of amides is 1. The van der Waals surface area contributed by atoms with Crippen molar-refractivity contribution in [2.45, 2.75) is 31.7 Å². The Labute approximate surface area is 293 Å². The van der Waals surface area contributed by atoms with E-state index in [4.69, 9.17) is 20.9 Å². The van der Waals surface area contributed by atoms with E-state index in [1.807, 2.05) is 4.90 Å². The summed E-state index contributed by atoms with van der Waals surface area (Å²) in [7, 11) is 0. The number of terminal acetylenes is 1. The zero-order valence-corrected chi connectivity index (χ0v) is 28.0. The molecule has 2 N–H and O–H groups in total. The third-order valence-corrected chi connectivity index (χ3v) is 10.0. The number of carbonyl (C=O) groups excluding carboxylic acids is 1. The standard InChI is InChI=1S/C38H37F2N7O4/c1-3-26-29(39)8-7-23-16-25(48)17-27(32(23)26)34-33(40)35-28(19-42-34)36(47-11-5-6-24(18-41)30(20-47)43-31(49)4-2)45-37(44-35)51-22-38(9-10-38)21-46-12-14-50-15-13-46/h1,4,7-8,16-17,19,24,30,48H,2,5-6,9-15,20-22H2,(H,43,49)/t24-,30+/m1/s1. The molecular formula is C38H37F2N7O4. The van der Waals surface area contributed by atoms with E-state index in [-0.39, 0.29) is 56.8 Å². The summed E-state index contributed by atoms with van der Waals surface area (Å²) in [5.74, 6) is 0.127. The van der Waals surface area contributed by atoms with Crippen LogP contribution in [0.4, 0.5) is 14.6 Å². The number of hydrogen-bond donors (Lipinski definition) is 2. The summed E-state index contributed by atoms with van der Waals surface area (Å²) in [6.45, 7) is 8.42. The molecule has 0 spiro atoms. The number of pyridine rings is 1. The Morgan fingerprint density at radius 1 is 1.24 bits per heavy atom. The van der Waals surface area contributed by atoms with Crippen molar-refractivity contribution < 1.29 is 28.2 Å². The Bertz CT molecular complexity index is 2100. The van der Waals surface area contributed by atoms with Crippen molar-refractivity contribution in [3.05, 3.63) is 60.3 Å². The molecule has 1 saturated carbocycles. The predicted molar refractivity (Wildman–Crippen MR) is 187 cm³/mol. The first kappa shape index (κ1) is 34.1. The Morgan fingerprint density at radius 3 is 2.76 bits per heavy atom. The summed E-state index contributed by atoms with van der Waals surface area (Å²) in [6, 6.07) is 7.09. The predicted octanol–water partition coefficient (Wildman–Crippen LogP) is 4.71. The van der Waals surface area contributed by atoms with Crippen molar-refractivity contribution in [2.24, 2.45) is 11.3 Å². The topological polar surface area (TPSA) is 137 Å². The number of halogens is 2. The summed E-state index contributed by atoms with van der Waals surface area (Å²) < 4.78 is 43.7. The van der Waals surface area contributed by atoms with Crippen LogP contribution in [0, 0.1) is 46.6 Å². The molecule has 13 heteroatoms. The molecule has 1 aliphatic carbocycles. The minimum Gasteiger partial charge on any atom is -0.508 e. The van der Waals surface area contributed by atoms with Crippen LogP contribution in [0.25, 0.3) is 32.9 Å². The highest BCUT2D eigenvalue weighted by molar-refractivity contribution is 6.03. The van der Waals surface area contributed by atoms with Crippen molar-refractivity contribution in [1.82, 2.24) is 25.2 Å². The van der Waals surface area contributed by atoms with Crippen LogP contribution in [0.1, 0.15) is 31.2 Å². The van der Waals surface area contributed by atoms with Crippen LogP contribution in [0.3, 0.4) is 0 Å². The zero-order valence-electron chi connectivity index (χ0n) is 28.0. The first-order valence-corrected chi connectivity index (χ1v) is 17.0. The molecule has 4 heterocycles. The summed E-state index contributed by atoms with van der Waals surface area (Å²) >= 11 is 0. The molecule has 7 rings (SSSR count). The Morgan fingerprint density at radius 2 is 2.04 bits per heavy atom. The number of aromatic hydroxyl groups is 1. The molecule has 3 aliphatic rings. The average molecular weight is 694 g/mol. The van der Waals surface area contributed by atoms with Crippen LogP contribution in [0.15, 0.2) is 43.1 Å². The first-order chi connectivity index (χ1) is 24.7. The van der Waals surface area contributed by atoms with Crippen LogP contribution >= 0.6 is 0 Å². The number of morpholine rings is 1. The molecule has 2 aromatic heterocycles. The number of carbonyl (C=O) groups is 1. The molecule has 51 heavy (non-hydrogen) atoms. The molecule has 2 atom stereocenters. The summed E-state index contributed by atoms with van der Waals surface area (Å²) in [6.07, 6.45) is 11.4. The molecule has 2 saturated heterocycles. The van der Waals surface area contributed by atoms with Gasteiger partial charge in [0.05, 0.1) is 48.8 Å². The molecule has 2 aromatic carbocycles. The van der Waals surface area contributed by atoms with E-state index in [1.54, 1.807) is 0 Å². The molecular weight excluding hydrogens is 656 g/mol. The zero-order chi connectivity index (χ0) is 35.7. The van der Waals surface area contributed by atoms with Gasteiger partial charge in [0.25, 0.3) is 0 Å². The molecule has 262 valence electrons. The second-order valence-corrected chi connectivity index (χ2v) is 13.5. The van der Waals surface area contributed by atoms with Gasteiger partial charge in [0.2, 0.25) is 5.91 Å². The summed E-state index contributed by atoms with van der Waals surface area (Å²) in [4.78, 5) is 30.5. The molecule has 0 unspecified atom stereocenters. The fourth-order valence-electron chi connectivity index (χ4n) is 7.14. The number of phenols is 1. The maximum absolute atomic E-state index is 17.0. The second-order valence-electron chi connectivity index (χ2n) is 13.5. The van der Waals surface area contributed by atoms with Crippen LogP contribution in [-0.4, -0.2) is 89.5 Å². The maximum Gasteiger partial charge on any atom is 0.319 e. The number of rotatable bonds is 9. The van der Waals surface area contributed by atoms with Gasteiger partial charge in [-0.2, -0.15) is 15.2 Å². The lowest BCUT2D eigenvalue weighted by atomic mass is 9.96. The number of hydrogen-bond acceptors (Lipinski definition) is 10. The van der Waals surface area contributed by atoms with Gasteiger partial charge >= 0.3 is 6.01 Å². The highest BCUT2D eigenvalue weighted by Gasteiger charge is 2.45. The Hall–Kier alpha value is -5.37. The van der Waals surface area contributed by atoms with E-state index in [9.17, 15) is 19.6 Å². The molecule has 1 amide bonds. The number of fused-ring (bicyclic) bond motifs is 2. The van der Waals surface area contributed by atoms with Gasteiger partial charge in [0.15, 0.2) is 5.82 Å². The van der Waals surface area contributed by atoms with Gasteiger partial charge in [-0.05, 0) is 55.3 Å². The van der Waals surface area contributed by atoms with Crippen molar-refractivity contribution in [3.8, 4) is 41.4 Å². The molecule has 0 radical (unpaired) electrons.